The number of benzene rings is 2. The highest BCUT2D eigenvalue weighted by atomic mass is 32.2. The fourth-order valence-corrected chi connectivity index (χ4v) is 5.63. The normalized spacial score (nSPS) is 14.5. The molecule has 0 spiro atoms. The number of aromatic nitrogens is 2. The number of para-hydroxylation sites is 1. The van der Waals surface area contributed by atoms with E-state index in [0.717, 1.165) is 0 Å². The van der Waals surface area contributed by atoms with Crippen molar-refractivity contribution in [3.05, 3.63) is 59.8 Å². The molecule has 4 rings (SSSR count). The maximum Gasteiger partial charge on any atom is 0.356 e. The van der Waals surface area contributed by atoms with Crippen molar-refractivity contribution in [2.24, 2.45) is 5.41 Å². The van der Waals surface area contributed by atoms with E-state index in [4.69, 9.17) is 9.47 Å². The molecule has 42 heavy (non-hydrogen) atoms. The number of carboxylic acid groups (broad SMARTS) is 1. The molecular formula is C29H37N5O7S. The molecule has 1 aliphatic rings. The number of nitrogens with one attached hydrogen (secondary N) is 2. The molecule has 1 aliphatic heterocycles. The van der Waals surface area contributed by atoms with Crippen LogP contribution in [0.25, 0.3) is 5.69 Å². The van der Waals surface area contributed by atoms with Gasteiger partial charge >= 0.3 is 5.97 Å². The van der Waals surface area contributed by atoms with Gasteiger partial charge in [-0.1, -0.05) is 39.0 Å². The first-order valence-corrected chi connectivity index (χ1v) is 15.1. The van der Waals surface area contributed by atoms with E-state index in [0.29, 0.717) is 38.5 Å². The predicted octanol–water partition coefficient (Wildman–Crippen LogP) is 3.66. The summed E-state index contributed by atoms with van der Waals surface area (Å²) in [5.74, 6) is -1.52. The van der Waals surface area contributed by atoms with Gasteiger partial charge in [0, 0.05) is 43.9 Å². The molecule has 3 aromatic rings. The lowest BCUT2D eigenvalue weighted by atomic mass is 9.92. The number of hydrogen-bond donors (Lipinski definition) is 3. The van der Waals surface area contributed by atoms with Crippen LogP contribution in [0.4, 0.5) is 5.69 Å². The maximum absolute atomic E-state index is 13.6. The van der Waals surface area contributed by atoms with E-state index in [1.165, 1.54) is 16.8 Å². The van der Waals surface area contributed by atoms with Gasteiger partial charge in [-0.15, -0.1) is 0 Å². The number of carbonyl (C=O) groups excluding carboxylic acids is 1. The lowest BCUT2D eigenvalue weighted by Gasteiger charge is -2.26. The van der Waals surface area contributed by atoms with Crippen molar-refractivity contribution in [2.75, 3.05) is 44.7 Å². The molecular weight excluding hydrogens is 562 g/mol. The molecule has 1 fully saturated rings. The summed E-state index contributed by atoms with van der Waals surface area (Å²) in [6.45, 7) is 10.6. The molecule has 1 aromatic heterocycles. The molecule has 13 heteroatoms. The van der Waals surface area contributed by atoms with Gasteiger partial charge in [0.15, 0.2) is 5.69 Å². The van der Waals surface area contributed by atoms with Crippen molar-refractivity contribution in [3.63, 3.8) is 0 Å². The van der Waals surface area contributed by atoms with E-state index in [1.54, 1.807) is 43.3 Å². The van der Waals surface area contributed by atoms with Crippen LogP contribution in [-0.4, -0.2) is 79.5 Å². The zero-order chi connectivity index (χ0) is 30.5. The molecule has 2 aromatic carbocycles. The summed E-state index contributed by atoms with van der Waals surface area (Å²) >= 11 is 0. The Morgan fingerprint density at radius 1 is 1.10 bits per heavy atom. The molecule has 0 saturated carbocycles. The quantitative estimate of drug-likeness (QED) is 0.300. The smallest absolute Gasteiger partial charge is 0.356 e. The van der Waals surface area contributed by atoms with Gasteiger partial charge in [-0.2, -0.15) is 9.78 Å². The zero-order valence-corrected chi connectivity index (χ0v) is 25.0. The van der Waals surface area contributed by atoms with Gasteiger partial charge in [-0.3, -0.25) is 9.69 Å². The van der Waals surface area contributed by atoms with Crippen molar-refractivity contribution in [1.29, 1.82) is 0 Å². The zero-order valence-electron chi connectivity index (χ0n) is 24.2. The Morgan fingerprint density at radius 2 is 1.79 bits per heavy atom. The minimum atomic E-state index is -4.14. The van der Waals surface area contributed by atoms with Gasteiger partial charge in [0.25, 0.3) is 0 Å². The third kappa shape index (κ3) is 7.94. The Bertz CT molecular complexity index is 1530. The largest absolute Gasteiger partial charge is 0.476 e. The van der Waals surface area contributed by atoms with Crippen LogP contribution in [0, 0.1) is 12.3 Å². The second-order valence-corrected chi connectivity index (χ2v) is 13.0. The summed E-state index contributed by atoms with van der Waals surface area (Å²) in [6, 6.07) is 13.1. The van der Waals surface area contributed by atoms with Crippen LogP contribution in [0.1, 0.15) is 43.2 Å². The Balaban J connectivity index is 1.70. The first kappa shape index (κ1) is 31.2. The minimum Gasteiger partial charge on any atom is -0.476 e. The first-order chi connectivity index (χ1) is 19.8. The van der Waals surface area contributed by atoms with Crippen molar-refractivity contribution in [3.8, 4) is 17.3 Å². The fourth-order valence-electron chi connectivity index (χ4n) is 4.46. The highest BCUT2D eigenvalue weighted by molar-refractivity contribution is 7.89. The number of hydrogen-bond acceptors (Lipinski definition) is 8. The number of amides is 1. The molecule has 12 nitrogen and oxygen atoms in total. The molecule has 0 unspecified atom stereocenters. The van der Waals surface area contributed by atoms with Gasteiger partial charge < -0.3 is 19.9 Å². The highest BCUT2D eigenvalue weighted by Gasteiger charge is 2.27. The third-order valence-electron chi connectivity index (χ3n) is 6.51. The van der Waals surface area contributed by atoms with Gasteiger partial charge in [-0.25, -0.2) is 17.9 Å². The molecule has 0 bridgehead atoms. The molecule has 1 amide bonds. The monoisotopic (exact) mass is 599 g/mol. The topological polar surface area (TPSA) is 152 Å². The maximum atomic E-state index is 13.6. The summed E-state index contributed by atoms with van der Waals surface area (Å²) in [5.41, 5.74) is 0.538. The van der Waals surface area contributed by atoms with Crippen LogP contribution in [0.15, 0.2) is 53.4 Å². The predicted molar refractivity (Wildman–Crippen MR) is 157 cm³/mol. The SMILES string of the molecule is Cc1c(C(=O)O)nn(-c2ccccc2)c1Oc1ccc(NC(=O)CC(C)(C)C)cc1S(=O)(=O)NCCN1CCOCC1. The van der Waals surface area contributed by atoms with Crippen LogP contribution in [0.5, 0.6) is 11.6 Å². The van der Waals surface area contributed by atoms with Crippen LogP contribution in [0.3, 0.4) is 0 Å². The summed E-state index contributed by atoms with van der Waals surface area (Å²) in [7, 11) is -4.14. The first-order valence-electron chi connectivity index (χ1n) is 13.6. The van der Waals surface area contributed by atoms with Gasteiger partial charge in [0.2, 0.25) is 21.8 Å². The number of morpholine rings is 1. The number of nitrogens with zero attached hydrogens (tertiary/aromatic N) is 3. The van der Waals surface area contributed by atoms with Gasteiger partial charge in [0.1, 0.15) is 10.6 Å². The lowest BCUT2D eigenvalue weighted by Crippen LogP contribution is -2.41. The third-order valence-corrected chi connectivity index (χ3v) is 7.99. The van der Waals surface area contributed by atoms with E-state index in [9.17, 15) is 23.1 Å². The number of carbonyl (C=O) groups is 2. The van der Waals surface area contributed by atoms with Crippen molar-refractivity contribution in [2.45, 2.75) is 39.0 Å². The minimum absolute atomic E-state index is 0.0490. The number of anilines is 1. The molecule has 2 heterocycles. The van der Waals surface area contributed by atoms with E-state index in [1.807, 2.05) is 20.8 Å². The molecule has 1 saturated heterocycles. The van der Waals surface area contributed by atoms with E-state index in [2.05, 4.69) is 20.0 Å². The van der Waals surface area contributed by atoms with Crippen molar-refractivity contribution in [1.82, 2.24) is 19.4 Å². The number of sulfonamides is 1. The lowest BCUT2D eigenvalue weighted by molar-refractivity contribution is -0.117. The molecule has 3 N–H and O–H groups in total. The molecule has 0 aliphatic carbocycles. The second-order valence-electron chi connectivity index (χ2n) is 11.2. The van der Waals surface area contributed by atoms with E-state index in [-0.39, 0.29) is 57.8 Å². The van der Waals surface area contributed by atoms with Crippen LogP contribution >= 0.6 is 0 Å². The van der Waals surface area contributed by atoms with Crippen molar-refractivity contribution < 1.29 is 32.6 Å². The molecule has 226 valence electrons. The van der Waals surface area contributed by atoms with Gasteiger partial charge in [0.05, 0.1) is 18.9 Å². The Morgan fingerprint density at radius 3 is 2.43 bits per heavy atom. The molecule has 0 atom stereocenters. The number of ether oxygens (including phenoxy) is 2. The summed E-state index contributed by atoms with van der Waals surface area (Å²) < 4.78 is 42.7. The van der Waals surface area contributed by atoms with Crippen LogP contribution < -0.4 is 14.8 Å². The highest BCUT2D eigenvalue weighted by Crippen LogP contribution is 2.35. The average molecular weight is 600 g/mol. The summed E-state index contributed by atoms with van der Waals surface area (Å²) in [6.07, 6.45) is 0.235. The van der Waals surface area contributed by atoms with Crippen LogP contribution in [-0.2, 0) is 19.6 Å². The average Bonchev–Trinajstić information content (AvgIpc) is 3.25. The Hall–Kier alpha value is -3.78. The standard InChI is InChI=1S/C29H37N5O7S/c1-20-26(28(36)37)32-34(22-8-6-5-7-9-22)27(20)41-23-11-10-21(31-25(35)19-29(2,3)4)18-24(23)42(38,39)30-12-13-33-14-16-40-17-15-33/h5-11,18,30H,12-17,19H2,1-4H3,(H,31,35)(H,36,37). The number of carboxylic acids is 1. The second kappa shape index (κ2) is 13.0. The summed E-state index contributed by atoms with van der Waals surface area (Å²) in [5, 5.41) is 16.7. The Labute approximate surface area is 245 Å². The fraction of sp³-hybridized carbons (Fsp3) is 0.414. The van der Waals surface area contributed by atoms with E-state index >= 15 is 0 Å². The van der Waals surface area contributed by atoms with E-state index < -0.39 is 16.0 Å². The van der Waals surface area contributed by atoms with Crippen LogP contribution in [0.2, 0.25) is 0 Å². The number of rotatable bonds is 11. The summed E-state index contributed by atoms with van der Waals surface area (Å²) in [4.78, 5) is 26.4. The Kier molecular flexibility index (Phi) is 9.67. The number of aromatic carboxylic acids is 1. The van der Waals surface area contributed by atoms with Crippen molar-refractivity contribution >= 4 is 27.6 Å². The molecule has 0 radical (unpaired) electrons. The van der Waals surface area contributed by atoms with Gasteiger partial charge in [-0.05, 0) is 42.7 Å².